The monoisotopic (exact) mass is 434 g/mol. The van der Waals surface area contributed by atoms with Gasteiger partial charge in [0.1, 0.15) is 11.5 Å². The number of hydrogen-bond donors (Lipinski definition) is 1. The predicted octanol–water partition coefficient (Wildman–Crippen LogP) is 4.75. The van der Waals surface area contributed by atoms with Crippen molar-refractivity contribution in [2.75, 3.05) is 7.11 Å². The number of likely N-dealkylation sites (tertiary alicyclic amines) is 1. The molecule has 4 rings (SSSR count). The smallest absolute Gasteiger partial charge is 0.295 e. The van der Waals surface area contributed by atoms with Crippen molar-refractivity contribution in [1.29, 1.82) is 0 Å². The fourth-order valence-corrected chi connectivity index (χ4v) is 4.88. The van der Waals surface area contributed by atoms with Crippen LogP contribution in [0.1, 0.15) is 69.2 Å². The molecule has 2 fully saturated rings. The second-order valence-corrected chi connectivity index (χ2v) is 9.59. The molecule has 1 saturated heterocycles. The molecule has 1 N–H and O–H groups in total. The number of methoxy groups -OCH3 is 1. The lowest BCUT2D eigenvalue weighted by atomic mass is 9.84. The van der Waals surface area contributed by atoms with E-state index >= 15 is 0 Å². The van der Waals surface area contributed by atoms with Gasteiger partial charge in [-0.25, -0.2) is 0 Å². The Hall–Kier alpha value is -3.15. The van der Waals surface area contributed by atoms with Crippen LogP contribution in [-0.2, 0) is 15.0 Å². The molecule has 1 aromatic heterocycles. The van der Waals surface area contributed by atoms with Crippen molar-refractivity contribution in [1.82, 2.24) is 9.88 Å². The number of pyridine rings is 1. The van der Waals surface area contributed by atoms with E-state index in [1.165, 1.54) is 0 Å². The Morgan fingerprint density at radius 1 is 1.09 bits per heavy atom. The Morgan fingerprint density at radius 3 is 2.34 bits per heavy atom. The third-order valence-electron chi connectivity index (χ3n) is 6.50. The van der Waals surface area contributed by atoms with E-state index in [9.17, 15) is 14.7 Å². The molecule has 32 heavy (non-hydrogen) atoms. The van der Waals surface area contributed by atoms with Crippen LogP contribution in [0.25, 0.3) is 5.76 Å². The number of carbonyl (C=O) groups is 2. The molecular weight excluding hydrogens is 404 g/mol. The van der Waals surface area contributed by atoms with E-state index in [1.54, 1.807) is 48.7 Å². The normalized spacial score (nSPS) is 21.4. The van der Waals surface area contributed by atoms with Gasteiger partial charge in [-0.15, -0.1) is 0 Å². The van der Waals surface area contributed by atoms with E-state index in [0.717, 1.165) is 36.8 Å². The van der Waals surface area contributed by atoms with Gasteiger partial charge in [0, 0.05) is 29.6 Å². The van der Waals surface area contributed by atoms with Gasteiger partial charge in [-0.05, 0) is 54.2 Å². The number of amides is 1. The Balaban J connectivity index is 1.89. The zero-order valence-electron chi connectivity index (χ0n) is 19.1. The molecule has 1 aromatic carbocycles. The molecule has 6 heteroatoms. The molecule has 1 atom stereocenters. The van der Waals surface area contributed by atoms with Gasteiger partial charge in [0.15, 0.2) is 0 Å². The highest BCUT2D eigenvalue weighted by Gasteiger charge is 2.49. The molecule has 1 aliphatic heterocycles. The van der Waals surface area contributed by atoms with Crippen LogP contribution in [0.4, 0.5) is 0 Å². The first-order chi connectivity index (χ1) is 15.2. The highest BCUT2D eigenvalue weighted by Crippen LogP contribution is 2.44. The molecule has 2 aromatic rings. The first-order valence-electron chi connectivity index (χ1n) is 11.1. The molecule has 2 aliphatic rings. The molecule has 0 radical (unpaired) electrons. The third kappa shape index (κ3) is 3.78. The Labute approximate surface area is 188 Å². The Kier molecular flexibility index (Phi) is 5.80. The molecule has 1 saturated carbocycles. The van der Waals surface area contributed by atoms with Crippen LogP contribution in [0.5, 0.6) is 5.75 Å². The largest absolute Gasteiger partial charge is 0.507 e. The maximum atomic E-state index is 13.2. The Bertz CT molecular complexity index is 1060. The molecular formula is C26H30N2O4. The maximum absolute atomic E-state index is 13.2. The summed E-state index contributed by atoms with van der Waals surface area (Å²) in [5, 5.41) is 11.4. The summed E-state index contributed by atoms with van der Waals surface area (Å²) in [5.41, 5.74) is 2.09. The molecule has 0 bridgehead atoms. The number of benzene rings is 1. The summed E-state index contributed by atoms with van der Waals surface area (Å²) in [6, 6.07) is 8.36. The topological polar surface area (TPSA) is 79.7 Å². The molecule has 6 nitrogen and oxygen atoms in total. The summed E-state index contributed by atoms with van der Waals surface area (Å²) in [5.74, 6) is -0.612. The van der Waals surface area contributed by atoms with Crippen molar-refractivity contribution >= 4 is 17.4 Å². The number of ketones is 1. The first-order valence-corrected chi connectivity index (χ1v) is 11.1. The van der Waals surface area contributed by atoms with Gasteiger partial charge in [-0.3, -0.25) is 14.6 Å². The van der Waals surface area contributed by atoms with Crippen molar-refractivity contribution in [3.05, 3.63) is 65.0 Å². The number of aliphatic hydroxyl groups is 1. The van der Waals surface area contributed by atoms with E-state index in [4.69, 9.17) is 4.74 Å². The maximum Gasteiger partial charge on any atom is 0.295 e. The summed E-state index contributed by atoms with van der Waals surface area (Å²) in [4.78, 5) is 32.1. The summed E-state index contributed by atoms with van der Waals surface area (Å²) in [6.45, 7) is 6.18. The van der Waals surface area contributed by atoms with Crippen LogP contribution in [-0.4, -0.2) is 39.8 Å². The van der Waals surface area contributed by atoms with Crippen LogP contribution in [0.2, 0.25) is 0 Å². The predicted molar refractivity (Wildman–Crippen MR) is 122 cm³/mol. The number of nitrogens with zero attached hydrogens (tertiary/aromatic N) is 2. The van der Waals surface area contributed by atoms with E-state index in [-0.39, 0.29) is 22.8 Å². The number of Topliss-reactive ketones (excluding diaryl/α,β-unsaturated/α-hetero) is 1. The van der Waals surface area contributed by atoms with Gasteiger partial charge in [0.25, 0.3) is 11.7 Å². The zero-order valence-corrected chi connectivity index (χ0v) is 19.1. The number of rotatable bonds is 4. The number of aromatic nitrogens is 1. The van der Waals surface area contributed by atoms with Gasteiger partial charge in [-0.1, -0.05) is 33.6 Å². The van der Waals surface area contributed by atoms with E-state index in [0.29, 0.717) is 11.3 Å². The van der Waals surface area contributed by atoms with Crippen molar-refractivity contribution < 1.29 is 19.4 Å². The highest BCUT2D eigenvalue weighted by atomic mass is 16.5. The minimum absolute atomic E-state index is 0.00378. The van der Waals surface area contributed by atoms with E-state index in [2.05, 4.69) is 25.8 Å². The van der Waals surface area contributed by atoms with Crippen molar-refractivity contribution in [2.45, 2.75) is 64.0 Å². The summed E-state index contributed by atoms with van der Waals surface area (Å²) >= 11 is 0. The Morgan fingerprint density at radius 2 is 1.75 bits per heavy atom. The number of aliphatic hydroxyl groups excluding tert-OH is 1. The summed E-state index contributed by atoms with van der Waals surface area (Å²) in [6.07, 6.45) is 7.09. The van der Waals surface area contributed by atoms with E-state index < -0.39 is 17.7 Å². The third-order valence-corrected chi connectivity index (χ3v) is 6.50. The highest BCUT2D eigenvalue weighted by molar-refractivity contribution is 6.46. The minimum Gasteiger partial charge on any atom is -0.507 e. The second kappa shape index (κ2) is 8.41. The lowest BCUT2D eigenvalue weighted by Gasteiger charge is -2.30. The average molecular weight is 435 g/mol. The van der Waals surface area contributed by atoms with Gasteiger partial charge >= 0.3 is 0 Å². The van der Waals surface area contributed by atoms with Crippen molar-refractivity contribution in [3.8, 4) is 5.75 Å². The van der Waals surface area contributed by atoms with Crippen molar-refractivity contribution in [3.63, 3.8) is 0 Å². The summed E-state index contributed by atoms with van der Waals surface area (Å²) in [7, 11) is 1.61. The zero-order chi connectivity index (χ0) is 23.0. The fourth-order valence-electron chi connectivity index (χ4n) is 4.88. The molecule has 0 spiro atoms. The number of ether oxygens (including phenoxy) is 1. The van der Waals surface area contributed by atoms with E-state index in [1.807, 2.05) is 6.07 Å². The molecule has 1 amide bonds. The second-order valence-electron chi connectivity index (χ2n) is 9.59. The van der Waals surface area contributed by atoms with Gasteiger partial charge < -0.3 is 14.7 Å². The van der Waals surface area contributed by atoms with Crippen LogP contribution in [0.3, 0.4) is 0 Å². The van der Waals surface area contributed by atoms with Crippen LogP contribution in [0.15, 0.2) is 48.3 Å². The molecule has 168 valence electrons. The number of carbonyl (C=O) groups excluding carboxylic acids is 2. The average Bonchev–Trinajstić information content (AvgIpc) is 3.39. The van der Waals surface area contributed by atoms with Crippen LogP contribution < -0.4 is 4.74 Å². The molecule has 2 heterocycles. The van der Waals surface area contributed by atoms with Crippen LogP contribution >= 0.6 is 0 Å². The quantitative estimate of drug-likeness (QED) is 0.427. The molecule has 1 unspecified atom stereocenters. The first kappa shape index (κ1) is 22.1. The van der Waals surface area contributed by atoms with Crippen molar-refractivity contribution in [2.24, 2.45) is 0 Å². The SMILES string of the molecule is COc1ccc(/C(O)=C2/C(=O)C(=O)N(C3CCCC3)C2c2ccncc2)cc1C(C)(C)C. The number of hydrogen-bond acceptors (Lipinski definition) is 5. The van der Waals surface area contributed by atoms with Gasteiger partial charge in [0.2, 0.25) is 0 Å². The minimum atomic E-state index is -0.635. The lowest BCUT2D eigenvalue weighted by molar-refractivity contribution is -0.141. The molecule has 1 aliphatic carbocycles. The lowest BCUT2D eigenvalue weighted by Crippen LogP contribution is -2.37. The fraction of sp³-hybridized carbons (Fsp3) is 0.423. The standard InChI is InChI=1S/C26H30N2O4/c1-26(2,3)19-15-17(9-10-20(19)32-4)23(29)21-22(16-11-13-27-14-12-16)28(25(31)24(21)30)18-7-5-6-8-18/h9-15,18,22,29H,5-8H2,1-4H3/b23-21-. The summed E-state index contributed by atoms with van der Waals surface area (Å²) < 4.78 is 5.51. The van der Waals surface area contributed by atoms with Gasteiger partial charge in [-0.2, -0.15) is 0 Å². The van der Waals surface area contributed by atoms with Crippen LogP contribution in [0, 0.1) is 0 Å². The van der Waals surface area contributed by atoms with Gasteiger partial charge in [0.05, 0.1) is 18.7 Å².